The largest absolute Gasteiger partial charge is 0.385 e. The molecule has 1 aliphatic heterocycles. The summed E-state index contributed by atoms with van der Waals surface area (Å²) in [6.07, 6.45) is 3.52. The highest BCUT2D eigenvalue weighted by Gasteiger charge is 2.55. The van der Waals surface area contributed by atoms with Crippen molar-refractivity contribution in [3.05, 3.63) is 11.6 Å². The molecule has 1 fully saturated rings. The zero-order chi connectivity index (χ0) is 12.9. The van der Waals surface area contributed by atoms with Crippen molar-refractivity contribution in [2.24, 2.45) is 5.41 Å². The predicted octanol–water partition coefficient (Wildman–Crippen LogP) is 2.64. The summed E-state index contributed by atoms with van der Waals surface area (Å²) in [7, 11) is 0. The molecule has 98 valence electrons. The third kappa shape index (κ3) is 1.85. The van der Waals surface area contributed by atoms with Crippen molar-refractivity contribution in [3.8, 4) is 0 Å². The number of ether oxygens (including phenoxy) is 2. The minimum absolute atomic E-state index is 0.127. The summed E-state index contributed by atoms with van der Waals surface area (Å²) in [5, 5.41) is 10.8. The van der Waals surface area contributed by atoms with Crippen molar-refractivity contribution in [1.82, 2.24) is 0 Å². The molecule has 0 aromatic carbocycles. The summed E-state index contributed by atoms with van der Waals surface area (Å²) in [6, 6.07) is 0. The first-order chi connectivity index (χ1) is 7.75. The summed E-state index contributed by atoms with van der Waals surface area (Å²) in [5.41, 5.74) is -0.0353. The van der Waals surface area contributed by atoms with Crippen LogP contribution in [-0.2, 0) is 9.47 Å². The second-order valence-corrected chi connectivity index (χ2v) is 6.15. The molecular weight excluding hydrogens is 216 g/mol. The maximum Gasteiger partial charge on any atom is 0.189 e. The van der Waals surface area contributed by atoms with Crippen molar-refractivity contribution < 1.29 is 14.6 Å². The molecular formula is C14H24O3. The molecule has 1 aliphatic carbocycles. The lowest BCUT2D eigenvalue weighted by molar-refractivity contribution is -0.187. The molecule has 1 N–H and O–H groups in total. The number of hydrogen-bond acceptors (Lipinski definition) is 3. The topological polar surface area (TPSA) is 38.7 Å². The van der Waals surface area contributed by atoms with E-state index >= 15 is 0 Å². The van der Waals surface area contributed by atoms with Gasteiger partial charge in [-0.3, -0.25) is 0 Å². The molecule has 1 spiro atoms. The average Bonchev–Trinajstić information content (AvgIpc) is 2.55. The Hall–Kier alpha value is -0.380. The maximum atomic E-state index is 10.8. The molecule has 0 radical (unpaired) electrons. The Labute approximate surface area is 104 Å². The van der Waals surface area contributed by atoms with Crippen LogP contribution in [0.4, 0.5) is 0 Å². The second kappa shape index (κ2) is 3.81. The molecule has 0 aromatic heterocycles. The molecule has 2 rings (SSSR count). The highest BCUT2D eigenvalue weighted by molar-refractivity contribution is 5.27. The van der Waals surface area contributed by atoms with Gasteiger partial charge in [0, 0.05) is 11.8 Å². The van der Waals surface area contributed by atoms with Crippen molar-refractivity contribution in [2.75, 3.05) is 6.61 Å². The number of aliphatic hydroxyl groups is 1. The fourth-order valence-corrected chi connectivity index (χ4v) is 3.39. The molecule has 3 heteroatoms. The van der Waals surface area contributed by atoms with Gasteiger partial charge >= 0.3 is 0 Å². The van der Waals surface area contributed by atoms with Gasteiger partial charge < -0.3 is 14.6 Å². The minimum Gasteiger partial charge on any atom is -0.385 e. The minimum atomic E-state index is -0.753. The van der Waals surface area contributed by atoms with E-state index in [0.29, 0.717) is 19.4 Å². The summed E-state index contributed by atoms with van der Waals surface area (Å²) < 4.78 is 11.8. The van der Waals surface area contributed by atoms with Crippen LogP contribution in [0, 0.1) is 5.41 Å². The Morgan fingerprint density at radius 2 is 2.12 bits per heavy atom. The van der Waals surface area contributed by atoms with Crippen LogP contribution in [0.25, 0.3) is 0 Å². The first-order valence-electron chi connectivity index (χ1n) is 6.49. The van der Waals surface area contributed by atoms with Crippen LogP contribution < -0.4 is 0 Å². The van der Waals surface area contributed by atoms with Crippen molar-refractivity contribution in [1.29, 1.82) is 0 Å². The molecule has 1 saturated heterocycles. The SMILES string of the molecule is CCC1(O)C(C)=CC2(CC1(C)C)OCC(C)O2. The smallest absolute Gasteiger partial charge is 0.189 e. The molecule has 0 aromatic rings. The molecule has 0 saturated carbocycles. The van der Waals surface area contributed by atoms with Crippen LogP contribution >= 0.6 is 0 Å². The number of rotatable bonds is 1. The van der Waals surface area contributed by atoms with E-state index in [0.717, 1.165) is 5.57 Å². The van der Waals surface area contributed by atoms with Crippen LogP contribution in [0.5, 0.6) is 0 Å². The third-order valence-corrected chi connectivity index (χ3v) is 4.37. The lowest BCUT2D eigenvalue weighted by Crippen LogP contribution is -2.54. The first-order valence-corrected chi connectivity index (χ1v) is 6.49. The van der Waals surface area contributed by atoms with Gasteiger partial charge in [-0.05, 0) is 31.9 Å². The normalized spacial score (nSPS) is 45.1. The van der Waals surface area contributed by atoms with E-state index in [1.807, 2.05) is 26.8 Å². The Morgan fingerprint density at radius 3 is 2.53 bits per heavy atom. The standard InChI is InChI=1S/C14H24O3/c1-6-14(15)10(2)7-13(9-12(14,4)5)16-8-11(3)17-13/h7,11,15H,6,8-9H2,1-5H3. The van der Waals surface area contributed by atoms with E-state index in [2.05, 4.69) is 13.8 Å². The third-order valence-electron chi connectivity index (χ3n) is 4.37. The molecule has 0 bridgehead atoms. The van der Waals surface area contributed by atoms with Gasteiger partial charge in [-0.25, -0.2) is 0 Å². The molecule has 3 unspecified atom stereocenters. The summed E-state index contributed by atoms with van der Waals surface area (Å²) in [5.74, 6) is -0.617. The van der Waals surface area contributed by atoms with E-state index in [9.17, 15) is 5.11 Å². The lowest BCUT2D eigenvalue weighted by atomic mass is 9.62. The van der Waals surface area contributed by atoms with E-state index in [-0.39, 0.29) is 11.5 Å². The Bertz CT molecular complexity index is 347. The molecule has 3 atom stereocenters. The van der Waals surface area contributed by atoms with Gasteiger partial charge in [0.25, 0.3) is 0 Å². The highest BCUT2D eigenvalue weighted by atomic mass is 16.7. The second-order valence-electron chi connectivity index (χ2n) is 6.15. The van der Waals surface area contributed by atoms with E-state index in [1.54, 1.807) is 0 Å². The molecule has 3 nitrogen and oxygen atoms in total. The van der Waals surface area contributed by atoms with E-state index in [4.69, 9.17) is 9.47 Å². The van der Waals surface area contributed by atoms with Gasteiger partial charge in [-0.2, -0.15) is 0 Å². The zero-order valence-electron chi connectivity index (χ0n) is 11.5. The van der Waals surface area contributed by atoms with E-state index < -0.39 is 11.4 Å². The van der Waals surface area contributed by atoms with Gasteiger partial charge in [0.05, 0.1) is 18.3 Å². The fourth-order valence-electron chi connectivity index (χ4n) is 3.39. The lowest BCUT2D eigenvalue weighted by Gasteiger charge is -2.50. The summed E-state index contributed by atoms with van der Waals surface area (Å²) in [4.78, 5) is 0. The molecule has 17 heavy (non-hydrogen) atoms. The molecule has 0 amide bonds. The maximum absolute atomic E-state index is 10.8. The van der Waals surface area contributed by atoms with Crippen LogP contribution in [0.3, 0.4) is 0 Å². The van der Waals surface area contributed by atoms with E-state index in [1.165, 1.54) is 0 Å². The highest BCUT2D eigenvalue weighted by Crippen LogP contribution is 2.51. The monoisotopic (exact) mass is 240 g/mol. The quantitative estimate of drug-likeness (QED) is 0.716. The van der Waals surface area contributed by atoms with Crippen LogP contribution in [0.1, 0.15) is 47.5 Å². The van der Waals surface area contributed by atoms with Gasteiger partial charge in [0.2, 0.25) is 0 Å². The Morgan fingerprint density at radius 1 is 1.47 bits per heavy atom. The van der Waals surface area contributed by atoms with Crippen molar-refractivity contribution in [3.63, 3.8) is 0 Å². The predicted molar refractivity (Wildman–Crippen MR) is 66.6 cm³/mol. The van der Waals surface area contributed by atoms with Crippen LogP contribution in [0.15, 0.2) is 11.6 Å². The molecule has 2 aliphatic rings. The first kappa shape index (κ1) is 13.1. The van der Waals surface area contributed by atoms with Gasteiger partial charge in [-0.15, -0.1) is 0 Å². The zero-order valence-corrected chi connectivity index (χ0v) is 11.5. The Balaban J connectivity index is 2.40. The van der Waals surface area contributed by atoms with Gasteiger partial charge in [0.15, 0.2) is 5.79 Å². The fraction of sp³-hybridized carbons (Fsp3) is 0.857. The molecule has 1 heterocycles. The summed E-state index contributed by atoms with van der Waals surface area (Å²) >= 11 is 0. The van der Waals surface area contributed by atoms with Crippen molar-refractivity contribution >= 4 is 0 Å². The number of hydrogen-bond donors (Lipinski definition) is 1. The Kier molecular flexibility index (Phi) is 2.92. The van der Waals surface area contributed by atoms with Crippen LogP contribution in [0.2, 0.25) is 0 Å². The summed E-state index contributed by atoms with van der Waals surface area (Å²) in [6.45, 7) is 10.8. The van der Waals surface area contributed by atoms with Gasteiger partial charge in [-0.1, -0.05) is 20.8 Å². The average molecular weight is 240 g/mol. The van der Waals surface area contributed by atoms with Crippen LogP contribution in [-0.4, -0.2) is 29.2 Å². The van der Waals surface area contributed by atoms with Crippen molar-refractivity contribution in [2.45, 2.75) is 65.0 Å². The van der Waals surface area contributed by atoms with Gasteiger partial charge in [0.1, 0.15) is 0 Å².